The van der Waals surface area contributed by atoms with E-state index in [0.29, 0.717) is 31.8 Å². The number of rotatable bonds is 13. The van der Waals surface area contributed by atoms with E-state index < -0.39 is 5.97 Å². The third-order valence-corrected chi connectivity index (χ3v) is 5.54. The highest BCUT2D eigenvalue weighted by Crippen LogP contribution is 2.34. The van der Waals surface area contributed by atoms with Crippen LogP contribution in [-0.4, -0.2) is 23.7 Å². The molecule has 2 atom stereocenters. The van der Waals surface area contributed by atoms with Gasteiger partial charge in [-0.2, -0.15) is 0 Å². The number of esters is 1. The fraction of sp³-hybridized carbons (Fsp3) is 0.652. The van der Waals surface area contributed by atoms with Crippen molar-refractivity contribution in [3.05, 3.63) is 35.4 Å². The Hall–Kier alpha value is -1.84. The number of hydrogen-bond acceptors (Lipinski definition) is 3. The van der Waals surface area contributed by atoms with Crippen molar-refractivity contribution >= 4 is 11.9 Å². The highest BCUT2D eigenvalue weighted by Gasteiger charge is 2.28. The fourth-order valence-corrected chi connectivity index (χ4v) is 3.31. The van der Waals surface area contributed by atoms with Crippen molar-refractivity contribution in [1.29, 1.82) is 0 Å². The van der Waals surface area contributed by atoms with Crippen LogP contribution in [0.15, 0.2) is 24.3 Å². The zero-order chi connectivity index (χ0) is 20.3. The third-order valence-electron chi connectivity index (χ3n) is 5.54. The van der Waals surface area contributed by atoms with E-state index in [-0.39, 0.29) is 17.8 Å². The number of hydrogen-bond donors (Lipinski definition) is 1. The van der Waals surface area contributed by atoms with Crippen molar-refractivity contribution in [3.63, 3.8) is 0 Å². The fourth-order valence-electron chi connectivity index (χ4n) is 3.31. The zero-order valence-corrected chi connectivity index (χ0v) is 17.4. The minimum atomic E-state index is -0.808. The number of aliphatic carboxylic acids is 1. The Morgan fingerprint density at radius 2 is 1.74 bits per heavy atom. The molecule has 4 nitrogen and oxygen atoms in total. The van der Waals surface area contributed by atoms with Gasteiger partial charge < -0.3 is 9.84 Å². The molecular formula is C23H36O4. The lowest BCUT2D eigenvalue weighted by Gasteiger charge is -2.30. The summed E-state index contributed by atoms with van der Waals surface area (Å²) in [5, 5.41) is 9.10. The van der Waals surface area contributed by atoms with Gasteiger partial charge in [-0.15, -0.1) is 0 Å². The Balaban J connectivity index is 2.66. The maximum Gasteiger partial charge on any atom is 0.305 e. The van der Waals surface area contributed by atoms with E-state index in [2.05, 4.69) is 13.8 Å². The van der Waals surface area contributed by atoms with E-state index in [1.54, 1.807) is 0 Å². The molecular weight excluding hydrogens is 340 g/mol. The summed E-state index contributed by atoms with van der Waals surface area (Å²) < 4.78 is 5.51. The second-order valence-electron chi connectivity index (χ2n) is 7.92. The van der Waals surface area contributed by atoms with Gasteiger partial charge in [-0.25, -0.2) is 0 Å². The molecule has 0 saturated carbocycles. The lowest BCUT2D eigenvalue weighted by molar-refractivity contribution is -0.145. The highest BCUT2D eigenvalue weighted by molar-refractivity contribution is 5.69. The van der Waals surface area contributed by atoms with Gasteiger partial charge in [0.25, 0.3) is 0 Å². The first-order chi connectivity index (χ1) is 12.8. The number of carboxylic acid groups (broad SMARTS) is 1. The van der Waals surface area contributed by atoms with Crippen LogP contribution >= 0.6 is 0 Å². The molecule has 1 N–H and O–H groups in total. The average molecular weight is 377 g/mol. The largest absolute Gasteiger partial charge is 0.481 e. The van der Waals surface area contributed by atoms with Crippen LogP contribution in [0.2, 0.25) is 0 Å². The Morgan fingerprint density at radius 1 is 1.11 bits per heavy atom. The van der Waals surface area contributed by atoms with Gasteiger partial charge in [0.05, 0.1) is 6.61 Å². The van der Waals surface area contributed by atoms with Gasteiger partial charge in [-0.1, -0.05) is 69.9 Å². The van der Waals surface area contributed by atoms with E-state index >= 15 is 0 Å². The maximum atomic E-state index is 12.3. The summed E-state index contributed by atoms with van der Waals surface area (Å²) in [7, 11) is 0. The Labute approximate surface area is 164 Å². The van der Waals surface area contributed by atoms with Crippen molar-refractivity contribution in [1.82, 2.24) is 0 Å². The van der Waals surface area contributed by atoms with E-state index in [9.17, 15) is 9.59 Å². The second kappa shape index (κ2) is 11.8. The summed E-state index contributed by atoms with van der Waals surface area (Å²) in [5.74, 6) is -0.555. The molecule has 1 rings (SSSR count). The van der Waals surface area contributed by atoms with Crippen LogP contribution in [0.4, 0.5) is 0 Å². The molecule has 0 aliphatic heterocycles. The van der Waals surface area contributed by atoms with Crippen molar-refractivity contribution in [3.8, 4) is 0 Å². The minimum Gasteiger partial charge on any atom is -0.481 e. The maximum absolute atomic E-state index is 12.3. The quantitative estimate of drug-likeness (QED) is 0.451. The predicted molar refractivity (Wildman–Crippen MR) is 109 cm³/mol. The molecule has 2 unspecified atom stereocenters. The Morgan fingerprint density at radius 3 is 2.30 bits per heavy atom. The minimum absolute atomic E-state index is 0.0916. The molecule has 0 aliphatic carbocycles. The highest BCUT2D eigenvalue weighted by atomic mass is 16.5. The van der Waals surface area contributed by atoms with Gasteiger partial charge in [0.1, 0.15) is 0 Å². The molecule has 0 radical (unpaired) electrons. The molecule has 1 aromatic rings. The molecule has 0 saturated heterocycles. The molecule has 0 bridgehead atoms. The smallest absolute Gasteiger partial charge is 0.305 e. The van der Waals surface area contributed by atoms with Crippen LogP contribution in [0.1, 0.15) is 83.3 Å². The first kappa shape index (κ1) is 23.2. The molecule has 0 aliphatic rings. The number of aryl methyl sites for hydroxylation is 1. The lowest BCUT2D eigenvalue weighted by Crippen LogP contribution is -2.25. The van der Waals surface area contributed by atoms with Crippen LogP contribution in [0.3, 0.4) is 0 Å². The Kier molecular flexibility index (Phi) is 10.1. The van der Waals surface area contributed by atoms with Crippen molar-refractivity contribution < 1.29 is 19.4 Å². The third kappa shape index (κ3) is 8.59. The zero-order valence-electron chi connectivity index (χ0n) is 17.4. The first-order valence-corrected chi connectivity index (χ1v) is 10.2. The Bertz CT molecular complexity index is 579. The summed E-state index contributed by atoms with van der Waals surface area (Å²) in [5.41, 5.74) is 1.89. The summed E-state index contributed by atoms with van der Waals surface area (Å²) in [6.07, 6.45) is 5.94. The van der Waals surface area contributed by atoms with Gasteiger partial charge in [-0.3, -0.25) is 9.59 Å². The SMILES string of the molecule is CCCCC(CC)COC(=O)CCC(C)(CCC(=O)O)c1ccc(C)cc1. The van der Waals surface area contributed by atoms with Crippen LogP contribution in [0.25, 0.3) is 0 Å². The van der Waals surface area contributed by atoms with Crippen LogP contribution in [0.5, 0.6) is 0 Å². The molecule has 0 aromatic heterocycles. The van der Waals surface area contributed by atoms with Crippen LogP contribution in [-0.2, 0) is 19.7 Å². The molecule has 4 heteroatoms. The molecule has 1 aromatic carbocycles. The molecule has 27 heavy (non-hydrogen) atoms. The number of ether oxygens (including phenoxy) is 1. The van der Waals surface area contributed by atoms with Crippen LogP contribution in [0, 0.1) is 12.8 Å². The van der Waals surface area contributed by atoms with Crippen molar-refractivity contribution in [2.75, 3.05) is 6.61 Å². The summed E-state index contributed by atoms with van der Waals surface area (Å²) in [6.45, 7) is 8.87. The average Bonchev–Trinajstić information content (AvgIpc) is 2.65. The number of carbonyl (C=O) groups excluding carboxylic acids is 1. The first-order valence-electron chi connectivity index (χ1n) is 10.2. The number of carboxylic acids is 1. The van der Waals surface area contributed by atoms with Gasteiger partial charge >= 0.3 is 11.9 Å². The standard InChI is InChI=1S/C23H36O4/c1-5-7-8-19(6-2)17-27-22(26)14-16-23(4,15-13-21(24)25)20-11-9-18(3)10-12-20/h9-12,19H,5-8,13-17H2,1-4H3,(H,24,25). The van der Waals surface area contributed by atoms with Crippen molar-refractivity contribution in [2.45, 2.75) is 84.5 Å². The van der Waals surface area contributed by atoms with Crippen LogP contribution < -0.4 is 0 Å². The summed E-state index contributed by atoms with van der Waals surface area (Å²) in [4.78, 5) is 23.3. The van der Waals surface area contributed by atoms with Gasteiger partial charge in [0.15, 0.2) is 0 Å². The van der Waals surface area contributed by atoms with E-state index in [0.717, 1.165) is 36.8 Å². The van der Waals surface area contributed by atoms with Crippen molar-refractivity contribution in [2.24, 2.45) is 5.92 Å². The second-order valence-corrected chi connectivity index (χ2v) is 7.92. The number of carbonyl (C=O) groups is 2. The molecule has 0 fully saturated rings. The topological polar surface area (TPSA) is 63.6 Å². The lowest BCUT2D eigenvalue weighted by atomic mass is 9.75. The molecule has 0 heterocycles. The van der Waals surface area contributed by atoms with Gasteiger partial charge in [-0.05, 0) is 43.1 Å². The van der Waals surface area contributed by atoms with E-state index in [1.165, 1.54) is 0 Å². The van der Waals surface area contributed by atoms with Gasteiger partial charge in [0, 0.05) is 12.8 Å². The molecule has 0 spiro atoms. The monoisotopic (exact) mass is 376 g/mol. The molecule has 152 valence electrons. The number of unbranched alkanes of at least 4 members (excludes halogenated alkanes) is 1. The van der Waals surface area contributed by atoms with E-state index in [4.69, 9.17) is 9.84 Å². The van der Waals surface area contributed by atoms with Gasteiger partial charge in [0.2, 0.25) is 0 Å². The summed E-state index contributed by atoms with van der Waals surface area (Å²) in [6, 6.07) is 8.15. The molecule has 0 amide bonds. The normalized spacial score (nSPS) is 14.4. The summed E-state index contributed by atoms with van der Waals surface area (Å²) >= 11 is 0. The number of benzene rings is 1. The predicted octanol–water partition coefficient (Wildman–Crippen LogP) is 5.66. The van der Waals surface area contributed by atoms with E-state index in [1.807, 2.05) is 38.1 Å².